The lowest BCUT2D eigenvalue weighted by Crippen LogP contribution is -2.32. The molecule has 0 saturated carbocycles. The number of carboxylic acid groups (broad SMARTS) is 1. The van der Waals surface area contributed by atoms with E-state index < -0.39 is 17.3 Å². The molecule has 0 bridgehead atoms. The number of hydrogen-bond donors (Lipinski definition) is 3. The second kappa shape index (κ2) is 4.82. The van der Waals surface area contributed by atoms with E-state index in [9.17, 15) is 9.59 Å². The van der Waals surface area contributed by atoms with Gasteiger partial charge in [-0.05, 0) is 26.0 Å². The molecule has 0 unspecified atom stereocenters. The summed E-state index contributed by atoms with van der Waals surface area (Å²) in [6, 6.07) is 3.11. The molecule has 17 heavy (non-hydrogen) atoms. The predicted molar refractivity (Wildman–Crippen MR) is 62.7 cm³/mol. The van der Waals surface area contributed by atoms with Gasteiger partial charge in [0.05, 0.1) is 11.0 Å². The zero-order valence-corrected chi connectivity index (χ0v) is 9.73. The lowest BCUT2D eigenvalue weighted by atomic mass is 9.94. The van der Waals surface area contributed by atoms with E-state index in [1.54, 1.807) is 19.9 Å². The Balaban J connectivity index is 2.65. The van der Waals surface area contributed by atoms with Gasteiger partial charge in [-0.2, -0.15) is 0 Å². The topological polar surface area (TPSA) is 105 Å². The van der Waals surface area contributed by atoms with E-state index in [-0.39, 0.29) is 6.54 Å². The maximum absolute atomic E-state index is 10.9. The number of pyridine rings is 1. The summed E-state index contributed by atoms with van der Waals surface area (Å²) < 4.78 is 0. The number of amides is 1. The van der Waals surface area contributed by atoms with Crippen molar-refractivity contribution in [3.05, 3.63) is 23.9 Å². The van der Waals surface area contributed by atoms with Crippen molar-refractivity contribution in [2.45, 2.75) is 13.8 Å². The third-order valence-electron chi connectivity index (χ3n) is 2.34. The predicted octanol–water partition coefficient (Wildman–Crippen LogP) is 0.703. The van der Waals surface area contributed by atoms with Crippen molar-refractivity contribution >= 4 is 17.7 Å². The van der Waals surface area contributed by atoms with Crippen LogP contribution in [0.1, 0.15) is 24.2 Å². The molecule has 0 radical (unpaired) electrons. The first-order valence-corrected chi connectivity index (χ1v) is 5.06. The summed E-state index contributed by atoms with van der Waals surface area (Å²) in [4.78, 5) is 25.6. The number of nitrogens with one attached hydrogen (secondary N) is 1. The molecule has 0 atom stereocenters. The maximum Gasteiger partial charge on any atom is 0.310 e. The molecule has 0 aliphatic rings. The fourth-order valence-electron chi connectivity index (χ4n) is 1.03. The quantitative estimate of drug-likeness (QED) is 0.699. The minimum atomic E-state index is -0.890. The Kier molecular flexibility index (Phi) is 3.67. The number of nitrogens with two attached hydrogens (primary N) is 1. The number of hydrogen-bond acceptors (Lipinski definition) is 4. The SMILES string of the molecule is CC(C)(CNc1ccc(C(N)=O)cn1)C(=O)O. The van der Waals surface area contributed by atoms with E-state index in [0.717, 1.165) is 0 Å². The van der Waals surface area contributed by atoms with Gasteiger partial charge in [-0.1, -0.05) is 0 Å². The fraction of sp³-hybridized carbons (Fsp3) is 0.364. The average Bonchev–Trinajstić information content (AvgIpc) is 2.27. The van der Waals surface area contributed by atoms with Crippen LogP contribution in [0.25, 0.3) is 0 Å². The number of aromatic nitrogens is 1. The minimum absolute atomic E-state index is 0.241. The molecule has 6 heteroatoms. The second-order valence-electron chi connectivity index (χ2n) is 4.34. The molecule has 1 amide bonds. The molecule has 1 heterocycles. The van der Waals surface area contributed by atoms with E-state index in [1.165, 1.54) is 12.3 Å². The van der Waals surface area contributed by atoms with Crippen molar-refractivity contribution in [3.8, 4) is 0 Å². The third-order valence-corrected chi connectivity index (χ3v) is 2.34. The van der Waals surface area contributed by atoms with E-state index in [4.69, 9.17) is 10.8 Å². The molecule has 0 aromatic carbocycles. The van der Waals surface area contributed by atoms with E-state index in [2.05, 4.69) is 10.3 Å². The number of anilines is 1. The molecular formula is C11H15N3O3. The zero-order valence-electron chi connectivity index (χ0n) is 9.73. The van der Waals surface area contributed by atoms with Gasteiger partial charge in [0.2, 0.25) is 5.91 Å². The molecule has 0 aliphatic heterocycles. The lowest BCUT2D eigenvalue weighted by molar-refractivity contribution is -0.146. The number of aliphatic carboxylic acids is 1. The van der Waals surface area contributed by atoms with Gasteiger partial charge < -0.3 is 16.2 Å². The third kappa shape index (κ3) is 3.44. The molecule has 0 aliphatic carbocycles. The first kappa shape index (κ1) is 13.0. The number of carbonyl (C=O) groups excluding carboxylic acids is 1. The summed E-state index contributed by atoms with van der Waals surface area (Å²) in [6.07, 6.45) is 1.35. The van der Waals surface area contributed by atoms with Crippen molar-refractivity contribution in [2.75, 3.05) is 11.9 Å². The number of primary amides is 1. The van der Waals surface area contributed by atoms with Gasteiger partial charge in [0.1, 0.15) is 5.82 Å². The first-order chi connectivity index (χ1) is 7.83. The summed E-state index contributed by atoms with van der Waals surface area (Å²) >= 11 is 0. The minimum Gasteiger partial charge on any atom is -0.481 e. The Morgan fingerprint density at radius 1 is 1.47 bits per heavy atom. The number of nitrogens with zero attached hydrogens (tertiary/aromatic N) is 1. The maximum atomic E-state index is 10.9. The molecule has 0 spiro atoms. The van der Waals surface area contributed by atoms with Crippen LogP contribution in [0.3, 0.4) is 0 Å². The van der Waals surface area contributed by atoms with E-state index >= 15 is 0 Å². The van der Waals surface area contributed by atoms with Crippen LogP contribution in [-0.2, 0) is 4.79 Å². The van der Waals surface area contributed by atoms with Gasteiger partial charge in [0, 0.05) is 12.7 Å². The van der Waals surface area contributed by atoms with Crippen LogP contribution in [0.15, 0.2) is 18.3 Å². The molecule has 1 aromatic rings. The van der Waals surface area contributed by atoms with E-state index in [0.29, 0.717) is 11.4 Å². The lowest BCUT2D eigenvalue weighted by Gasteiger charge is -2.19. The molecule has 0 fully saturated rings. The Morgan fingerprint density at radius 2 is 2.12 bits per heavy atom. The highest BCUT2D eigenvalue weighted by Gasteiger charge is 2.26. The largest absolute Gasteiger partial charge is 0.481 e. The van der Waals surface area contributed by atoms with Gasteiger partial charge in [-0.15, -0.1) is 0 Å². The Morgan fingerprint density at radius 3 is 2.53 bits per heavy atom. The van der Waals surface area contributed by atoms with Gasteiger partial charge >= 0.3 is 5.97 Å². The van der Waals surface area contributed by atoms with Crippen LogP contribution in [0.4, 0.5) is 5.82 Å². The van der Waals surface area contributed by atoms with Crippen LogP contribution >= 0.6 is 0 Å². The number of carbonyl (C=O) groups is 2. The Hall–Kier alpha value is -2.11. The fourth-order valence-corrected chi connectivity index (χ4v) is 1.03. The molecule has 1 aromatic heterocycles. The van der Waals surface area contributed by atoms with Crippen LogP contribution < -0.4 is 11.1 Å². The van der Waals surface area contributed by atoms with Crippen molar-refractivity contribution < 1.29 is 14.7 Å². The van der Waals surface area contributed by atoms with Gasteiger partial charge in [0.15, 0.2) is 0 Å². The molecule has 6 nitrogen and oxygen atoms in total. The smallest absolute Gasteiger partial charge is 0.310 e. The summed E-state index contributed by atoms with van der Waals surface area (Å²) in [6.45, 7) is 3.46. The van der Waals surface area contributed by atoms with Gasteiger partial charge in [-0.25, -0.2) is 4.98 Å². The highest BCUT2D eigenvalue weighted by molar-refractivity contribution is 5.92. The van der Waals surface area contributed by atoms with E-state index in [1.807, 2.05) is 0 Å². The highest BCUT2D eigenvalue weighted by Crippen LogP contribution is 2.16. The van der Waals surface area contributed by atoms with Crippen molar-refractivity contribution in [2.24, 2.45) is 11.1 Å². The standard InChI is InChI=1S/C11H15N3O3/c1-11(2,10(16)17)6-14-8-4-3-7(5-13-8)9(12)15/h3-5H,6H2,1-2H3,(H2,12,15)(H,13,14)(H,16,17). The van der Waals surface area contributed by atoms with Gasteiger partial charge in [-0.3, -0.25) is 9.59 Å². The molecule has 1 rings (SSSR count). The molecule has 4 N–H and O–H groups in total. The monoisotopic (exact) mass is 237 g/mol. The summed E-state index contributed by atoms with van der Waals surface area (Å²) in [7, 11) is 0. The Labute approximate surface area is 98.8 Å². The number of carboxylic acids is 1. The first-order valence-electron chi connectivity index (χ1n) is 5.06. The number of rotatable bonds is 5. The molecule has 92 valence electrons. The normalized spacial score (nSPS) is 10.9. The zero-order chi connectivity index (χ0) is 13.1. The molecule has 0 saturated heterocycles. The molecular weight excluding hydrogens is 222 g/mol. The average molecular weight is 237 g/mol. The van der Waals surface area contributed by atoms with Crippen LogP contribution in [-0.4, -0.2) is 28.5 Å². The van der Waals surface area contributed by atoms with Crippen molar-refractivity contribution in [3.63, 3.8) is 0 Å². The second-order valence-corrected chi connectivity index (χ2v) is 4.34. The summed E-state index contributed by atoms with van der Waals surface area (Å²) in [5.74, 6) is -0.932. The highest BCUT2D eigenvalue weighted by atomic mass is 16.4. The van der Waals surface area contributed by atoms with Crippen LogP contribution in [0, 0.1) is 5.41 Å². The van der Waals surface area contributed by atoms with Crippen LogP contribution in [0.5, 0.6) is 0 Å². The van der Waals surface area contributed by atoms with Crippen molar-refractivity contribution in [1.29, 1.82) is 0 Å². The van der Waals surface area contributed by atoms with Gasteiger partial charge in [0.25, 0.3) is 0 Å². The van der Waals surface area contributed by atoms with Crippen molar-refractivity contribution in [1.82, 2.24) is 4.98 Å². The summed E-state index contributed by atoms with van der Waals surface area (Å²) in [5.41, 5.74) is 4.50. The Bertz CT molecular complexity index is 426. The summed E-state index contributed by atoms with van der Waals surface area (Å²) in [5, 5.41) is 11.8. The van der Waals surface area contributed by atoms with Crippen LogP contribution in [0.2, 0.25) is 0 Å².